The summed E-state index contributed by atoms with van der Waals surface area (Å²) in [4.78, 5) is 18.8. The van der Waals surface area contributed by atoms with Crippen LogP contribution in [-0.2, 0) is 17.9 Å². The van der Waals surface area contributed by atoms with Crippen molar-refractivity contribution in [1.29, 1.82) is 0 Å². The van der Waals surface area contributed by atoms with E-state index < -0.39 is 6.10 Å². The van der Waals surface area contributed by atoms with E-state index in [0.717, 1.165) is 16.6 Å². The fraction of sp³-hybridized carbons (Fsp3) is 0.263. The molecule has 0 spiro atoms. The van der Waals surface area contributed by atoms with Crippen LogP contribution in [0.15, 0.2) is 54.6 Å². The quantitative estimate of drug-likeness (QED) is 0.785. The molecule has 3 rings (SSSR count). The zero-order valence-corrected chi connectivity index (χ0v) is 13.9. The Morgan fingerprint density at radius 2 is 1.83 bits per heavy atom. The molecule has 24 heavy (non-hydrogen) atoms. The molecule has 1 amide bonds. The highest BCUT2D eigenvalue weighted by Gasteiger charge is 2.18. The first-order valence-electron chi connectivity index (χ1n) is 7.97. The number of para-hydroxylation sites is 2. The topological polar surface area (TPSA) is 58.4 Å². The highest BCUT2D eigenvalue weighted by atomic mass is 16.3. The van der Waals surface area contributed by atoms with E-state index >= 15 is 0 Å². The summed E-state index contributed by atoms with van der Waals surface area (Å²) in [7, 11) is 1.79. The molecule has 0 aliphatic heterocycles. The molecular formula is C19H21N3O2. The lowest BCUT2D eigenvalue weighted by Crippen LogP contribution is -2.30. The normalized spacial score (nSPS) is 12.3. The SMILES string of the molecule is CC(O)c1nc2ccccc2n1CC(=O)N(C)Cc1ccccc1. The molecular weight excluding hydrogens is 302 g/mol. The van der Waals surface area contributed by atoms with Gasteiger partial charge in [-0.2, -0.15) is 0 Å². The van der Waals surface area contributed by atoms with Crippen molar-refractivity contribution in [2.24, 2.45) is 0 Å². The lowest BCUT2D eigenvalue weighted by Gasteiger charge is -2.19. The van der Waals surface area contributed by atoms with Gasteiger partial charge in [-0.15, -0.1) is 0 Å². The Kier molecular flexibility index (Phi) is 4.62. The molecule has 0 saturated heterocycles. The minimum atomic E-state index is -0.732. The monoisotopic (exact) mass is 323 g/mol. The number of fused-ring (bicyclic) bond motifs is 1. The van der Waals surface area contributed by atoms with E-state index in [-0.39, 0.29) is 12.5 Å². The molecule has 124 valence electrons. The van der Waals surface area contributed by atoms with Gasteiger partial charge < -0.3 is 14.6 Å². The first-order valence-corrected chi connectivity index (χ1v) is 7.97. The molecule has 0 aliphatic carbocycles. The number of rotatable bonds is 5. The maximum absolute atomic E-state index is 12.6. The second-order valence-electron chi connectivity index (χ2n) is 5.96. The minimum Gasteiger partial charge on any atom is -0.385 e. The Labute approximate surface area is 141 Å². The number of likely N-dealkylation sites (N-methyl/N-ethyl adjacent to an activating group) is 1. The number of amides is 1. The third-order valence-electron chi connectivity index (χ3n) is 4.04. The summed E-state index contributed by atoms with van der Waals surface area (Å²) in [6.45, 7) is 2.37. The molecule has 0 bridgehead atoms. The van der Waals surface area contributed by atoms with Gasteiger partial charge in [-0.1, -0.05) is 42.5 Å². The van der Waals surface area contributed by atoms with Gasteiger partial charge >= 0.3 is 0 Å². The van der Waals surface area contributed by atoms with Gasteiger partial charge in [-0.05, 0) is 24.6 Å². The summed E-state index contributed by atoms with van der Waals surface area (Å²) < 4.78 is 1.80. The fourth-order valence-corrected chi connectivity index (χ4v) is 2.78. The molecule has 1 unspecified atom stereocenters. The molecule has 0 radical (unpaired) electrons. The Morgan fingerprint density at radius 3 is 2.54 bits per heavy atom. The van der Waals surface area contributed by atoms with Crippen molar-refractivity contribution in [3.8, 4) is 0 Å². The maximum Gasteiger partial charge on any atom is 0.242 e. The van der Waals surface area contributed by atoms with Crippen LogP contribution in [-0.4, -0.2) is 32.5 Å². The van der Waals surface area contributed by atoms with Crippen molar-refractivity contribution in [3.05, 3.63) is 66.0 Å². The van der Waals surface area contributed by atoms with Crippen LogP contribution < -0.4 is 0 Å². The number of aliphatic hydroxyl groups excluding tert-OH is 1. The van der Waals surface area contributed by atoms with Gasteiger partial charge in [0.25, 0.3) is 0 Å². The van der Waals surface area contributed by atoms with Crippen molar-refractivity contribution < 1.29 is 9.90 Å². The smallest absolute Gasteiger partial charge is 0.242 e. The molecule has 0 saturated carbocycles. The van der Waals surface area contributed by atoms with E-state index in [0.29, 0.717) is 12.4 Å². The molecule has 1 N–H and O–H groups in total. The Bertz CT molecular complexity index is 840. The van der Waals surface area contributed by atoms with Crippen molar-refractivity contribution in [2.75, 3.05) is 7.05 Å². The van der Waals surface area contributed by atoms with Crippen LogP contribution in [0.25, 0.3) is 11.0 Å². The number of hydrogen-bond acceptors (Lipinski definition) is 3. The van der Waals surface area contributed by atoms with Crippen LogP contribution in [0.3, 0.4) is 0 Å². The van der Waals surface area contributed by atoms with Gasteiger partial charge in [0.2, 0.25) is 5.91 Å². The van der Waals surface area contributed by atoms with Gasteiger partial charge in [-0.25, -0.2) is 4.98 Å². The van der Waals surface area contributed by atoms with Gasteiger partial charge in [0.1, 0.15) is 18.5 Å². The molecule has 1 atom stereocenters. The predicted molar refractivity (Wildman–Crippen MR) is 93.3 cm³/mol. The van der Waals surface area contributed by atoms with Crippen LogP contribution in [0.5, 0.6) is 0 Å². The Balaban J connectivity index is 1.83. The van der Waals surface area contributed by atoms with Crippen molar-refractivity contribution in [2.45, 2.75) is 26.1 Å². The van der Waals surface area contributed by atoms with Crippen LogP contribution >= 0.6 is 0 Å². The van der Waals surface area contributed by atoms with Gasteiger partial charge in [0, 0.05) is 13.6 Å². The van der Waals surface area contributed by atoms with E-state index in [4.69, 9.17) is 0 Å². The molecule has 0 aliphatic rings. The summed E-state index contributed by atoms with van der Waals surface area (Å²) in [5.74, 6) is 0.488. The standard InChI is InChI=1S/C19H21N3O2/c1-14(23)19-20-16-10-6-7-11-17(16)22(19)13-18(24)21(2)12-15-8-4-3-5-9-15/h3-11,14,23H,12-13H2,1-2H3. The number of hydrogen-bond donors (Lipinski definition) is 1. The number of aromatic nitrogens is 2. The average molecular weight is 323 g/mol. The summed E-state index contributed by atoms with van der Waals surface area (Å²) >= 11 is 0. The number of carbonyl (C=O) groups excluding carboxylic acids is 1. The van der Waals surface area contributed by atoms with E-state index in [9.17, 15) is 9.90 Å². The zero-order chi connectivity index (χ0) is 17.1. The van der Waals surface area contributed by atoms with Crippen molar-refractivity contribution in [3.63, 3.8) is 0 Å². The second-order valence-corrected chi connectivity index (χ2v) is 5.96. The van der Waals surface area contributed by atoms with E-state index in [1.54, 1.807) is 23.4 Å². The lowest BCUT2D eigenvalue weighted by atomic mass is 10.2. The van der Waals surface area contributed by atoms with E-state index in [1.165, 1.54) is 0 Å². The molecule has 5 nitrogen and oxygen atoms in total. The van der Waals surface area contributed by atoms with Crippen LogP contribution in [0.1, 0.15) is 24.4 Å². The first-order chi connectivity index (χ1) is 11.6. The van der Waals surface area contributed by atoms with Crippen LogP contribution in [0.4, 0.5) is 0 Å². The molecule has 1 heterocycles. The summed E-state index contributed by atoms with van der Waals surface area (Å²) in [5, 5.41) is 9.98. The van der Waals surface area contributed by atoms with Crippen molar-refractivity contribution >= 4 is 16.9 Å². The maximum atomic E-state index is 12.6. The van der Waals surface area contributed by atoms with Gasteiger partial charge in [0.15, 0.2) is 0 Å². The molecule has 5 heteroatoms. The molecule has 1 aromatic heterocycles. The number of nitrogens with zero attached hydrogens (tertiary/aromatic N) is 3. The minimum absolute atomic E-state index is 0.0242. The summed E-state index contributed by atoms with van der Waals surface area (Å²) in [5.41, 5.74) is 2.72. The van der Waals surface area contributed by atoms with Gasteiger partial charge in [0.05, 0.1) is 11.0 Å². The number of carbonyl (C=O) groups is 1. The third kappa shape index (κ3) is 3.31. The molecule has 0 fully saturated rings. The van der Waals surface area contributed by atoms with E-state index in [2.05, 4.69) is 4.98 Å². The van der Waals surface area contributed by atoms with Crippen LogP contribution in [0.2, 0.25) is 0 Å². The summed E-state index contributed by atoms with van der Waals surface area (Å²) in [6.07, 6.45) is -0.732. The molecule has 3 aromatic rings. The fourth-order valence-electron chi connectivity index (χ4n) is 2.78. The highest BCUT2D eigenvalue weighted by molar-refractivity contribution is 5.81. The lowest BCUT2D eigenvalue weighted by molar-refractivity contribution is -0.131. The number of imidazole rings is 1. The van der Waals surface area contributed by atoms with Gasteiger partial charge in [-0.3, -0.25) is 4.79 Å². The Morgan fingerprint density at radius 1 is 1.17 bits per heavy atom. The second kappa shape index (κ2) is 6.84. The predicted octanol–water partition coefficient (Wildman–Crippen LogP) is 2.75. The molecule has 2 aromatic carbocycles. The largest absolute Gasteiger partial charge is 0.385 e. The summed E-state index contributed by atoms with van der Waals surface area (Å²) in [6, 6.07) is 17.5. The number of aliphatic hydroxyl groups is 1. The zero-order valence-electron chi connectivity index (χ0n) is 13.9. The first kappa shape index (κ1) is 16.2. The van der Waals surface area contributed by atoms with E-state index in [1.807, 2.05) is 54.6 Å². The number of benzene rings is 2. The van der Waals surface area contributed by atoms with Crippen LogP contribution in [0, 0.1) is 0 Å². The van der Waals surface area contributed by atoms with Crippen molar-refractivity contribution in [1.82, 2.24) is 14.5 Å². The Hall–Kier alpha value is -2.66. The highest BCUT2D eigenvalue weighted by Crippen LogP contribution is 2.21. The third-order valence-corrected chi connectivity index (χ3v) is 4.04. The average Bonchev–Trinajstić information content (AvgIpc) is 2.95.